The highest BCUT2D eigenvalue weighted by Gasteiger charge is 2.47. The molecule has 0 atom stereocenters. The van der Waals surface area contributed by atoms with Crippen LogP contribution < -0.4 is 0 Å². The molecule has 0 aromatic rings. The van der Waals surface area contributed by atoms with Crippen molar-refractivity contribution in [2.75, 3.05) is 14.2 Å². The summed E-state index contributed by atoms with van der Waals surface area (Å²) in [6.07, 6.45) is 20.1. The third-order valence-electron chi connectivity index (χ3n) is 6.07. The van der Waals surface area contributed by atoms with E-state index in [4.69, 9.17) is 9.47 Å². The normalized spacial score (nSPS) is 11.4. The molecule has 4 nitrogen and oxygen atoms in total. The van der Waals surface area contributed by atoms with Crippen LogP contribution in [0.15, 0.2) is 0 Å². The highest BCUT2D eigenvalue weighted by Crippen LogP contribution is 2.35. The van der Waals surface area contributed by atoms with E-state index in [0.717, 1.165) is 25.7 Å². The van der Waals surface area contributed by atoms with Crippen LogP contribution in [-0.2, 0) is 19.1 Å². The summed E-state index contributed by atoms with van der Waals surface area (Å²) in [5.41, 5.74) is -1.12. The molecule has 0 amide bonds. The summed E-state index contributed by atoms with van der Waals surface area (Å²) in [4.78, 5) is 25.2. The summed E-state index contributed by atoms with van der Waals surface area (Å²) < 4.78 is 10.1. The van der Waals surface area contributed by atoms with Gasteiger partial charge in [-0.05, 0) is 12.8 Å². The molecule has 0 heterocycles. The molecule has 172 valence electrons. The van der Waals surface area contributed by atoms with Crippen molar-refractivity contribution in [2.24, 2.45) is 5.41 Å². The number of methoxy groups -OCH3 is 2. The second-order valence-electron chi connectivity index (χ2n) is 8.52. The minimum Gasteiger partial charge on any atom is -0.468 e. The monoisotopic (exact) mass is 412 g/mol. The maximum atomic E-state index is 12.6. The third kappa shape index (κ3) is 12.3. The largest absolute Gasteiger partial charge is 0.468 e. The number of ether oxygens (including phenoxy) is 2. The molecule has 0 saturated heterocycles. The molecule has 0 unspecified atom stereocenters. The van der Waals surface area contributed by atoms with Crippen molar-refractivity contribution < 1.29 is 19.1 Å². The Balaban J connectivity index is 4.46. The molecular formula is C25H48O4. The Bertz CT molecular complexity index is 368. The fourth-order valence-electron chi connectivity index (χ4n) is 4.13. The second kappa shape index (κ2) is 18.9. The Labute approximate surface area is 180 Å². The fourth-order valence-corrected chi connectivity index (χ4v) is 4.13. The Morgan fingerprint density at radius 2 is 0.793 bits per heavy atom. The van der Waals surface area contributed by atoms with E-state index in [2.05, 4.69) is 13.8 Å². The zero-order chi connectivity index (χ0) is 21.8. The van der Waals surface area contributed by atoms with Crippen molar-refractivity contribution in [3.63, 3.8) is 0 Å². The zero-order valence-electron chi connectivity index (χ0n) is 19.9. The first kappa shape index (κ1) is 27.9. The first-order valence-electron chi connectivity index (χ1n) is 12.3. The topological polar surface area (TPSA) is 52.6 Å². The summed E-state index contributed by atoms with van der Waals surface area (Å²) in [5.74, 6) is -0.842. The van der Waals surface area contributed by atoms with Gasteiger partial charge in [-0.25, -0.2) is 0 Å². The number of carbonyl (C=O) groups is 2. The Kier molecular flexibility index (Phi) is 18.2. The SMILES string of the molecule is CCCCCCCCCCC(CCCCCCCCCC)(C(=O)OC)C(=O)OC. The molecule has 0 rings (SSSR count). The van der Waals surface area contributed by atoms with Gasteiger partial charge in [-0.2, -0.15) is 0 Å². The molecule has 0 aliphatic rings. The van der Waals surface area contributed by atoms with Gasteiger partial charge in [0, 0.05) is 0 Å². The van der Waals surface area contributed by atoms with Crippen molar-refractivity contribution in [1.82, 2.24) is 0 Å². The smallest absolute Gasteiger partial charge is 0.323 e. The van der Waals surface area contributed by atoms with Crippen LogP contribution in [0, 0.1) is 5.41 Å². The van der Waals surface area contributed by atoms with Gasteiger partial charge in [-0.15, -0.1) is 0 Å². The second-order valence-corrected chi connectivity index (χ2v) is 8.52. The molecular weight excluding hydrogens is 364 g/mol. The summed E-state index contributed by atoms with van der Waals surface area (Å²) in [6.45, 7) is 4.46. The number of hydrogen-bond acceptors (Lipinski definition) is 4. The van der Waals surface area contributed by atoms with Crippen molar-refractivity contribution >= 4 is 11.9 Å². The van der Waals surface area contributed by atoms with Crippen LogP contribution in [0.25, 0.3) is 0 Å². The van der Waals surface area contributed by atoms with Gasteiger partial charge in [0.15, 0.2) is 5.41 Å². The molecule has 0 aliphatic carbocycles. The summed E-state index contributed by atoms with van der Waals surface area (Å²) in [5, 5.41) is 0. The van der Waals surface area contributed by atoms with E-state index >= 15 is 0 Å². The predicted molar refractivity (Wildman–Crippen MR) is 121 cm³/mol. The average Bonchev–Trinajstić information content (AvgIpc) is 2.74. The molecule has 0 spiro atoms. The molecule has 4 heteroatoms. The molecule has 0 N–H and O–H groups in total. The third-order valence-corrected chi connectivity index (χ3v) is 6.07. The van der Waals surface area contributed by atoms with E-state index in [1.807, 2.05) is 0 Å². The number of rotatable bonds is 20. The van der Waals surface area contributed by atoms with E-state index in [-0.39, 0.29) is 0 Å². The minimum absolute atomic E-state index is 0.421. The van der Waals surface area contributed by atoms with Crippen LogP contribution in [0.1, 0.15) is 129 Å². The van der Waals surface area contributed by atoms with Gasteiger partial charge < -0.3 is 9.47 Å². The number of carbonyl (C=O) groups excluding carboxylic acids is 2. The van der Waals surface area contributed by atoms with Crippen molar-refractivity contribution in [2.45, 2.75) is 129 Å². The fraction of sp³-hybridized carbons (Fsp3) is 0.920. The number of unbranched alkanes of at least 4 members (excludes halogenated alkanes) is 14. The summed E-state index contributed by atoms with van der Waals surface area (Å²) in [7, 11) is 2.75. The molecule has 0 aromatic carbocycles. The van der Waals surface area contributed by atoms with Crippen molar-refractivity contribution in [1.29, 1.82) is 0 Å². The molecule has 0 aliphatic heterocycles. The van der Waals surface area contributed by atoms with Gasteiger partial charge >= 0.3 is 11.9 Å². The van der Waals surface area contributed by atoms with Gasteiger partial charge in [0.05, 0.1) is 14.2 Å². The lowest BCUT2D eigenvalue weighted by Gasteiger charge is -2.28. The minimum atomic E-state index is -1.12. The van der Waals surface area contributed by atoms with Gasteiger partial charge in [0.1, 0.15) is 0 Å². The van der Waals surface area contributed by atoms with Crippen molar-refractivity contribution in [3.8, 4) is 0 Å². The highest BCUT2D eigenvalue weighted by atomic mass is 16.5. The lowest BCUT2D eigenvalue weighted by atomic mass is 9.77. The molecule has 0 saturated carbocycles. The zero-order valence-corrected chi connectivity index (χ0v) is 19.9. The van der Waals surface area contributed by atoms with Crippen LogP contribution >= 0.6 is 0 Å². The van der Waals surface area contributed by atoms with E-state index in [9.17, 15) is 9.59 Å². The van der Waals surface area contributed by atoms with E-state index in [1.165, 1.54) is 91.3 Å². The quantitative estimate of drug-likeness (QED) is 0.119. The summed E-state index contributed by atoms with van der Waals surface area (Å²) >= 11 is 0. The van der Waals surface area contributed by atoms with Gasteiger partial charge in [0.2, 0.25) is 0 Å². The Morgan fingerprint density at radius 1 is 0.517 bits per heavy atom. The van der Waals surface area contributed by atoms with Crippen molar-refractivity contribution in [3.05, 3.63) is 0 Å². The average molecular weight is 413 g/mol. The first-order valence-corrected chi connectivity index (χ1v) is 12.3. The Morgan fingerprint density at radius 3 is 1.07 bits per heavy atom. The molecule has 0 aromatic heterocycles. The Hall–Kier alpha value is -1.06. The van der Waals surface area contributed by atoms with Crippen LogP contribution in [0.3, 0.4) is 0 Å². The molecule has 0 fully saturated rings. The van der Waals surface area contributed by atoms with E-state index in [1.54, 1.807) is 0 Å². The molecule has 29 heavy (non-hydrogen) atoms. The van der Waals surface area contributed by atoms with Gasteiger partial charge in [-0.3, -0.25) is 9.59 Å². The van der Waals surface area contributed by atoms with Crippen LogP contribution in [0.5, 0.6) is 0 Å². The van der Waals surface area contributed by atoms with E-state index < -0.39 is 17.4 Å². The van der Waals surface area contributed by atoms with Gasteiger partial charge in [0.25, 0.3) is 0 Å². The van der Waals surface area contributed by atoms with Gasteiger partial charge in [-0.1, -0.05) is 117 Å². The maximum absolute atomic E-state index is 12.6. The number of hydrogen-bond donors (Lipinski definition) is 0. The highest BCUT2D eigenvalue weighted by molar-refractivity contribution is 5.99. The van der Waals surface area contributed by atoms with E-state index in [0.29, 0.717) is 12.8 Å². The summed E-state index contributed by atoms with van der Waals surface area (Å²) in [6, 6.07) is 0. The number of esters is 2. The standard InChI is InChI=1S/C25H48O4/c1-5-7-9-11-13-15-17-19-21-25(23(26)28-3,24(27)29-4)22-20-18-16-14-12-10-8-6-2/h5-22H2,1-4H3. The lowest BCUT2D eigenvalue weighted by molar-refractivity contribution is -0.170. The van der Waals surface area contributed by atoms with Crippen LogP contribution in [0.4, 0.5) is 0 Å². The lowest BCUT2D eigenvalue weighted by Crippen LogP contribution is -2.41. The van der Waals surface area contributed by atoms with Crippen LogP contribution in [-0.4, -0.2) is 26.2 Å². The maximum Gasteiger partial charge on any atom is 0.323 e. The molecule has 0 bridgehead atoms. The predicted octanol–water partition coefficient (Wildman–Crippen LogP) is 7.38. The van der Waals surface area contributed by atoms with Crippen LogP contribution in [0.2, 0.25) is 0 Å². The first-order chi connectivity index (χ1) is 14.1. The molecule has 0 radical (unpaired) electrons.